The van der Waals surface area contributed by atoms with Crippen molar-refractivity contribution in [3.05, 3.63) is 23.8 Å². The van der Waals surface area contributed by atoms with Crippen LogP contribution in [0.15, 0.2) is 18.2 Å². The van der Waals surface area contributed by atoms with Gasteiger partial charge in [-0.3, -0.25) is 4.90 Å². The number of benzene rings is 1. The van der Waals surface area contributed by atoms with Gasteiger partial charge in [-0.2, -0.15) is 0 Å². The van der Waals surface area contributed by atoms with E-state index in [0.717, 1.165) is 74.5 Å². The summed E-state index contributed by atoms with van der Waals surface area (Å²) in [7, 11) is 3.35. The Labute approximate surface area is 175 Å². The Morgan fingerprint density at radius 1 is 1.25 bits per heavy atom. The minimum absolute atomic E-state index is 0.545. The van der Waals surface area contributed by atoms with Crippen molar-refractivity contribution < 1.29 is 14.2 Å². The molecule has 1 aromatic carbocycles. The standard InChI is InChI=1S/C21H35N3O3S/c1-17(2)15-22-21(28)24(9-5-8-23-10-12-27-13-11-23)16-18-6-7-19(25-3)14-20(18)26-4/h6-7,14,17H,5,8-13,15-16H2,1-4H3,(H,22,28). The zero-order valence-electron chi connectivity index (χ0n) is 17.7. The summed E-state index contributed by atoms with van der Waals surface area (Å²) in [4.78, 5) is 4.70. The number of ether oxygens (including phenoxy) is 3. The molecule has 1 aliphatic heterocycles. The molecule has 0 amide bonds. The largest absolute Gasteiger partial charge is 0.497 e. The molecule has 0 radical (unpaired) electrons. The van der Waals surface area contributed by atoms with E-state index in [9.17, 15) is 0 Å². The summed E-state index contributed by atoms with van der Waals surface area (Å²) in [6.07, 6.45) is 1.06. The Hall–Kier alpha value is -1.57. The molecule has 1 aromatic rings. The normalized spacial score (nSPS) is 14.8. The molecular formula is C21H35N3O3S. The lowest BCUT2D eigenvalue weighted by Crippen LogP contribution is -2.43. The second kappa shape index (κ2) is 12.1. The number of nitrogens with one attached hydrogen (secondary N) is 1. The van der Waals surface area contributed by atoms with E-state index in [1.165, 1.54) is 0 Å². The maximum Gasteiger partial charge on any atom is 0.169 e. The summed E-state index contributed by atoms with van der Waals surface area (Å²) < 4.78 is 16.3. The third kappa shape index (κ3) is 7.45. The van der Waals surface area contributed by atoms with E-state index in [1.807, 2.05) is 12.1 Å². The Balaban J connectivity index is 2.01. The van der Waals surface area contributed by atoms with Crippen LogP contribution in [0.25, 0.3) is 0 Å². The van der Waals surface area contributed by atoms with E-state index < -0.39 is 0 Å². The van der Waals surface area contributed by atoms with E-state index in [2.05, 4.69) is 35.0 Å². The van der Waals surface area contributed by atoms with E-state index in [-0.39, 0.29) is 0 Å². The fourth-order valence-electron chi connectivity index (χ4n) is 3.15. The van der Waals surface area contributed by atoms with Crippen molar-refractivity contribution in [1.29, 1.82) is 0 Å². The zero-order valence-corrected chi connectivity index (χ0v) is 18.5. The average Bonchev–Trinajstić information content (AvgIpc) is 2.72. The Morgan fingerprint density at radius 3 is 2.64 bits per heavy atom. The van der Waals surface area contributed by atoms with Gasteiger partial charge in [0.2, 0.25) is 0 Å². The first-order valence-corrected chi connectivity index (χ1v) is 10.5. The summed E-state index contributed by atoms with van der Waals surface area (Å²) in [6.45, 7) is 11.6. The van der Waals surface area contributed by atoms with Gasteiger partial charge in [-0.05, 0) is 36.7 Å². The number of hydrogen-bond acceptors (Lipinski definition) is 5. The summed E-state index contributed by atoms with van der Waals surface area (Å²) in [5, 5.41) is 4.21. The molecule has 0 atom stereocenters. The molecule has 2 rings (SSSR count). The van der Waals surface area contributed by atoms with Gasteiger partial charge in [-0.1, -0.05) is 13.8 Å². The van der Waals surface area contributed by atoms with Crippen molar-refractivity contribution in [3.63, 3.8) is 0 Å². The first-order valence-electron chi connectivity index (χ1n) is 10.1. The molecule has 1 aliphatic rings. The topological polar surface area (TPSA) is 46.2 Å². The molecule has 0 aromatic heterocycles. The van der Waals surface area contributed by atoms with E-state index in [1.54, 1.807) is 14.2 Å². The van der Waals surface area contributed by atoms with Gasteiger partial charge >= 0.3 is 0 Å². The SMILES string of the molecule is COc1ccc(CN(CCCN2CCOCC2)C(=S)NCC(C)C)c(OC)c1. The van der Waals surface area contributed by atoms with Gasteiger partial charge in [0.25, 0.3) is 0 Å². The molecule has 6 nitrogen and oxygen atoms in total. The third-order valence-corrected chi connectivity index (χ3v) is 5.21. The number of methoxy groups -OCH3 is 2. The lowest BCUT2D eigenvalue weighted by molar-refractivity contribution is 0.0367. The molecule has 158 valence electrons. The van der Waals surface area contributed by atoms with Crippen LogP contribution < -0.4 is 14.8 Å². The van der Waals surface area contributed by atoms with Crippen LogP contribution in [0.4, 0.5) is 0 Å². The van der Waals surface area contributed by atoms with Gasteiger partial charge in [0.1, 0.15) is 11.5 Å². The van der Waals surface area contributed by atoms with Crippen molar-refractivity contribution in [1.82, 2.24) is 15.1 Å². The third-order valence-electron chi connectivity index (χ3n) is 4.81. The molecule has 0 spiro atoms. The fourth-order valence-corrected chi connectivity index (χ4v) is 3.39. The number of hydrogen-bond donors (Lipinski definition) is 1. The highest BCUT2D eigenvalue weighted by Crippen LogP contribution is 2.26. The average molecular weight is 410 g/mol. The predicted octanol–water partition coefficient (Wildman–Crippen LogP) is 2.76. The Kier molecular flexibility index (Phi) is 9.81. The Morgan fingerprint density at radius 2 is 2.00 bits per heavy atom. The van der Waals surface area contributed by atoms with E-state index >= 15 is 0 Å². The second-order valence-electron chi connectivity index (χ2n) is 7.49. The molecule has 1 heterocycles. The van der Waals surface area contributed by atoms with Gasteiger partial charge in [-0.25, -0.2) is 0 Å². The highest BCUT2D eigenvalue weighted by molar-refractivity contribution is 7.80. The number of morpholine rings is 1. The molecule has 0 saturated carbocycles. The molecule has 1 N–H and O–H groups in total. The molecule has 1 fully saturated rings. The molecule has 28 heavy (non-hydrogen) atoms. The first-order chi connectivity index (χ1) is 13.5. The van der Waals surface area contributed by atoms with Crippen LogP contribution >= 0.6 is 12.2 Å². The molecule has 0 unspecified atom stereocenters. The van der Waals surface area contributed by atoms with Crippen LogP contribution in [0, 0.1) is 5.92 Å². The van der Waals surface area contributed by atoms with Crippen LogP contribution in [0.3, 0.4) is 0 Å². The molecular weight excluding hydrogens is 374 g/mol. The van der Waals surface area contributed by atoms with Crippen molar-refractivity contribution in [2.45, 2.75) is 26.8 Å². The van der Waals surface area contributed by atoms with Crippen LogP contribution in [-0.2, 0) is 11.3 Å². The maximum absolute atomic E-state index is 5.71. The highest BCUT2D eigenvalue weighted by atomic mass is 32.1. The molecule has 0 aliphatic carbocycles. The second-order valence-corrected chi connectivity index (χ2v) is 7.87. The summed E-state index contributed by atoms with van der Waals surface area (Å²) in [6, 6.07) is 5.94. The van der Waals surface area contributed by atoms with Crippen molar-refractivity contribution in [2.75, 3.05) is 60.2 Å². The van der Waals surface area contributed by atoms with Crippen LogP contribution in [0.2, 0.25) is 0 Å². The van der Waals surface area contributed by atoms with Crippen molar-refractivity contribution >= 4 is 17.3 Å². The maximum atomic E-state index is 5.71. The van der Waals surface area contributed by atoms with Crippen molar-refractivity contribution in [2.24, 2.45) is 5.92 Å². The number of thiocarbonyl (C=S) groups is 1. The summed E-state index contributed by atoms with van der Waals surface area (Å²) >= 11 is 5.71. The Bertz CT molecular complexity index is 607. The minimum atomic E-state index is 0.545. The molecule has 7 heteroatoms. The van der Waals surface area contributed by atoms with Gasteiger partial charge in [-0.15, -0.1) is 0 Å². The first kappa shape index (κ1) is 22.7. The quantitative estimate of drug-likeness (QED) is 0.596. The smallest absolute Gasteiger partial charge is 0.169 e. The van der Waals surface area contributed by atoms with Gasteiger partial charge in [0.15, 0.2) is 5.11 Å². The zero-order chi connectivity index (χ0) is 20.4. The minimum Gasteiger partial charge on any atom is -0.497 e. The summed E-state index contributed by atoms with van der Waals surface area (Å²) in [5.41, 5.74) is 1.10. The highest BCUT2D eigenvalue weighted by Gasteiger charge is 2.16. The lowest BCUT2D eigenvalue weighted by atomic mass is 10.1. The van der Waals surface area contributed by atoms with Crippen LogP contribution in [-0.4, -0.2) is 75.1 Å². The number of nitrogens with zero attached hydrogens (tertiary/aromatic N) is 2. The lowest BCUT2D eigenvalue weighted by Gasteiger charge is -2.30. The van der Waals surface area contributed by atoms with E-state index in [4.69, 9.17) is 26.4 Å². The fraction of sp³-hybridized carbons (Fsp3) is 0.667. The predicted molar refractivity (Wildman–Crippen MR) is 117 cm³/mol. The van der Waals surface area contributed by atoms with E-state index in [0.29, 0.717) is 12.5 Å². The molecule has 1 saturated heterocycles. The monoisotopic (exact) mass is 409 g/mol. The van der Waals surface area contributed by atoms with Crippen LogP contribution in [0.5, 0.6) is 11.5 Å². The summed E-state index contributed by atoms with van der Waals surface area (Å²) in [5.74, 6) is 2.16. The van der Waals surface area contributed by atoms with Gasteiger partial charge in [0, 0.05) is 50.9 Å². The van der Waals surface area contributed by atoms with Crippen molar-refractivity contribution in [3.8, 4) is 11.5 Å². The number of rotatable bonds is 10. The molecule has 0 bridgehead atoms. The van der Waals surface area contributed by atoms with Crippen LogP contribution in [0.1, 0.15) is 25.8 Å². The van der Waals surface area contributed by atoms with Gasteiger partial charge in [0.05, 0.1) is 27.4 Å². The van der Waals surface area contributed by atoms with Gasteiger partial charge < -0.3 is 24.4 Å².